The van der Waals surface area contributed by atoms with Crippen molar-refractivity contribution >= 4 is 17.6 Å². The van der Waals surface area contributed by atoms with E-state index in [0.717, 1.165) is 5.56 Å². The smallest absolute Gasteiger partial charge is 0.325 e. The summed E-state index contributed by atoms with van der Waals surface area (Å²) in [7, 11) is 1.48. The van der Waals surface area contributed by atoms with E-state index in [9.17, 15) is 4.79 Å². The zero-order valence-corrected chi connectivity index (χ0v) is 9.21. The Bertz CT molecular complexity index is 392. The van der Waals surface area contributed by atoms with Crippen LogP contribution in [-0.2, 0) is 4.79 Å². The van der Waals surface area contributed by atoms with E-state index in [1.165, 1.54) is 7.11 Å². The molecular weight excluding hydrogens is 218 g/mol. The summed E-state index contributed by atoms with van der Waals surface area (Å²) >= 11 is 5.98. The molecular formula is C10H12ClNO3. The van der Waals surface area contributed by atoms with Crippen molar-refractivity contribution in [1.29, 1.82) is 0 Å². The second-order valence-electron chi connectivity index (χ2n) is 3.13. The first-order chi connectivity index (χ1) is 6.99. The van der Waals surface area contributed by atoms with Crippen molar-refractivity contribution in [2.75, 3.05) is 7.11 Å². The molecule has 5 heteroatoms. The second kappa shape index (κ2) is 4.51. The highest BCUT2D eigenvalue weighted by molar-refractivity contribution is 6.33. The van der Waals surface area contributed by atoms with Gasteiger partial charge in [0.15, 0.2) is 0 Å². The lowest BCUT2D eigenvalue weighted by molar-refractivity contribution is -0.138. The highest BCUT2D eigenvalue weighted by Gasteiger charge is 2.20. The maximum absolute atomic E-state index is 10.7. The van der Waals surface area contributed by atoms with Gasteiger partial charge in [-0.15, -0.1) is 0 Å². The van der Waals surface area contributed by atoms with Crippen LogP contribution in [0.25, 0.3) is 0 Å². The zero-order chi connectivity index (χ0) is 11.6. The fraction of sp³-hybridized carbons (Fsp3) is 0.300. The number of aryl methyl sites for hydroxylation is 1. The first-order valence-corrected chi connectivity index (χ1v) is 4.68. The van der Waals surface area contributed by atoms with Crippen LogP contribution in [0.1, 0.15) is 17.2 Å². The van der Waals surface area contributed by atoms with E-state index >= 15 is 0 Å². The molecule has 0 bridgehead atoms. The molecule has 0 amide bonds. The highest BCUT2D eigenvalue weighted by atomic mass is 35.5. The van der Waals surface area contributed by atoms with Crippen LogP contribution in [-0.4, -0.2) is 18.2 Å². The van der Waals surface area contributed by atoms with Crippen molar-refractivity contribution in [2.45, 2.75) is 13.0 Å². The summed E-state index contributed by atoms with van der Waals surface area (Å²) in [4.78, 5) is 10.7. The maximum atomic E-state index is 10.7. The fourth-order valence-corrected chi connectivity index (χ4v) is 1.70. The number of benzene rings is 1. The Labute approximate surface area is 92.6 Å². The number of carboxylic acid groups (broad SMARTS) is 1. The number of carboxylic acids is 1. The third-order valence-electron chi connectivity index (χ3n) is 2.13. The Hall–Kier alpha value is -1.26. The van der Waals surface area contributed by atoms with E-state index < -0.39 is 12.0 Å². The zero-order valence-electron chi connectivity index (χ0n) is 8.45. The summed E-state index contributed by atoms with van der Waals surface area (Å²) in [6.45, 7) is 1.82. The SMILES string of the molecule is COc1c(C)ccc(C(N)C(=O)O)c1Cl. The van der Waals surface area contributed by atoms with Gasteiger partial charge in [-0.05, 0) is 12.5 Å². The monoisotopic (exact) mass is 229 g/mol. The van der Waals surface area contributed by atoms with Crippen molar-refractivity contribution in [3.05, 3.63) is 28.3 Å². The summed E-state index contributed by atoms with van der Waals surface area (Å²) in [5, 5.41) is 9.03. The molecule has 0 heterocycles. The minimum Gasteiger partial charge on any atom is -0.495 e. The van der Waals surface area contributed by atoms with Gasteiger partial charge in [-0.25, -0.2) is 0 Å². The summed E-state index contributed by atoms with van der Waals surface area (Å²) in [5.41, 5.74) is 6.66. The van der Waals surface area contributed by atoms with Gasteiger partial charge in [0, 0.05) is 5.56 Å². The maximum Gasteiger partial charge on any atom is 0.325 e. The number of methoxy groups -OCH3 is 1. The van der Waals surface area contributed by atoms with Gasteiger partial charge in [0.25, 0.3) is 0 Å². The quantitative estimate of drug-likeness (QED) is 0.828. The van der Waals surface area contributed by atoms with Gasteiger partial charge < -0.3 is 15.6 Å². The van der Waals surface area contributed by atoms with E-state index in [4.69, 9.17) is 27.2 Å². The van der Waals surface area contributed by atoms with Crippen LogP contribution in [0.2, 0.25) is 5.02 Å². The third kappa shape index (κ3) is 2.22. The lowest BCUT2D eigenvalue weighted by Crippen LogP contribution is -2.21. The van der Waals surface area contributed by atoms with Gasteiger partial charge in [-0.3, -0.25) is 4.79 Å². The molecule has 0 aliphatic rings. The Morgan fingerprint density at radius 1 is 1.60 bits per heavy atom. The Morgan fingerprint density at radius 3 is 2.67 bits per heavy atom. The number of carbonyl (C=O) groups is 1. The van der Waals surface area contributed by atoms with Crippen LogP contribution < -0.4 is 10.5 Å². The Morgan fingerprint density at radius 2 is 2.20 bits per heavy atom. The van der Waals surface area contributed by atoms with Gasteiger partial charge in [-0.2, -0.15) is 0 Å². The molecule has 4 nitrogen and oxygen atoms in total. The molecule has 0 aliphatic heterocycles. The lowest BCUT2D eigenvalue weighted by atomic mass is 10.0. The molecule has 0 saturated carbocycles. The fourth-order valence-electron chi connectivity index (χ4n) is 1.29. The predicted octanol–water partition coefficient (Wildman–Crippen LogP) is 1.74. The first kappa shape index (κ1) is 11.8. The van der Waals surface area contributed by atoms with Crippen LogP contribution >= 0.6 is 11.6 Å². The minimum atomic E-state index is -1.13. The van der Waals surface area contributed by atoms with Crippen LogP contribution in [0.15, 0.2) is 12.1 Å². The average Bonchev–Trinajstić information content (AvgIpc) is 2.17. The molecule has 0 radical (unpaired) electrons. The first-order valence-electron chi connectivity index (χ1n) is 4.30. The van der Waals surface area contributed by atoms with Gasteiger partial charge in [0.05, 0.1) is 12.1 Å². The molecule has 1 aromatic carbocycles. The van der Waals surface area contributed by atoms with E-state index in [-0.39, 0.29) is 5.02 Å². The summed E-state index contributed by atoms with van der Waals surface area (Å²) in [6.07, 6.45) is 0. The molecule has 0 aliphatic carbocycles. The Balaban J connectivity index is 3.27. The Kier molecular flexibility index (Phi) is 3.55. The van der Waals surface area contributed by atoms with Gasteiger partial charge in [0.1, 0.15) is 11.8 Å². The highest BCUT2D eigenvalue weighted by Crippen LogP contribution is 2.34. The number of hydrogen-bond donors (Lipinski definition) is 2. The van der Waals surface area contributed by atoms with Gasteiger partial charge >= 0.3 is 5.97 Å². The van der Waals surface area contributed by atoms with Crippen molar-refractivity contribution in [3.63, 3.8) is 0 Å². The summed E-state index contributed by atoms with van der Waals surface area (Å²) in [6, 6.07) is 2.19. The number of aliphatic carboxylic acids is 1. The number of nitrogens with two attached hydrogens (primary N) is 1. The molecule has 0 spiro atoms. The second-order valence-corrected chi connectivity index (χ2v) is 3.51. The number of hydrogen-bond acceptors (Lipinski definition) is 3. The molecule has 1 atom stereocenters. The van der Waals surface area contributed by atoms with Crippen molar-refractivity contribution < 1.29 is 14.6 Å². The van der Waals surface area contributed by atoms with E-state index in [1.54, 1.807) is 12.1 Å². The summed E-state index contributed by atoms with van der Waals surface area (Å²) in [5.74, 6) is -0.659. The predicted molar refractivity (Wildman–Crippen MR) is 57.3 cm³/mol. The molecule has 3 N–H and O–H groups in total. The topological polar surface area (TPSA) is 72.5 Å². The van der Waals surface area contributed by atoms with Gasteiger partial charge in [-0.1, -0.05) is 23.7 Å². The molecule has 1 unspecified atom stereocenters. The molecule has 82 valence electrons. The largest absolute Gasteiger partial charge is 0.495 e. The van der Waals surface area contributed by atoms with E-state index in [2.05, 4.69) is 0 Å². The molecule has 1 rings (SSSR count). The number of ether oxygens (including phenoxy) is 1. The standard InChI is InChI=1S/C10H12ClNO3/c1-5-3-4-6(8(12)10(13)14)7(11)9(5)15-2/h3-4,8H,12H2,1-2H3,(H,13,14). The third-order valence-corrected chi connectivity index (χ3v) is 2.52. The molecule has 1 aromatic rings. The van der Waals surface area contributed by atoms with Crippen molar-refractivity contribution in [1.82, 2.24) is 0 Å². The molecule has 0 aromatic heterocycles. The van der Waals surface area contributed by atoms with Crippen LogP contribution in [0.5, 0.6) is 5.75 Å². The number of halogens is 1. The molecule has 15 heavy (non-hydrogen) atoms. The number of rotatable bonds is 3. The van der Waals surface area contributed by atoms with Crippen LogP contribution in [0.3, 0.4) is 0 Å². The lowest BCUT2D eigenvalue weighted by Gasteiger charge is -2.13. The molecule has 0 fully saturated rings. The normalized spacial score (nSPS) is 12.3. The average molecular weight is 230 g/mol. The van der Waals surface area contributed by atoms with E-state index in [1.807, 2.05) is 6.92 Å². The minimum absolute atomic E-state index is 0.257. The van der Waals surface area contributed by atoms with Crippen LogP contribution in [0.4, 0.5) is 0 Å². The van der Waals surface area contributed by atoms with E-state index in [0.29, 0.717) is 11.3 Å². The molecule has 0 saturated heterocycles. The van der Waals surface area contributed by atoms with Gasteiger partial charge in [0.2, 0.25) is 0 Å². The van der Waals surface area contributed by atoms with Crippen LogP contribution in [0, 0.1) is 6.92 Å². The summed E-state index contributed by atoms with van der Waals surface area (Å²) < 4.78 is 5.07. The van der Waals surface area contributed by atoms with Crippen molar-refractivity contribution in [2.24, 2.45) is 5.73 Å². The van der Waals surface area contributed by atoms with Crippen molar-refractivity contribution in [3.8, 4) is 5.75 Å².